The minimum atomic E-state index is -1.28. The second kappa shape index (κ2) is 9.42. The Balaban J connectivity index is 2.82. The third-order valence-corrected chi connectivity index (χ3v) is 4.17. The van der Waals surface area contributed by atoms with Crippen LogP contribution in [0.4, 0.5) is 5.69 Å². The monoisotopic (exact) mass is 368 g/mol. The molecule has 1 aromatic rings. The minimum absolute atomic E-state index is 0.251. The molecule has 0 saturated heterocycles. The van der Waals surface area contributed by atoms with E-state index in [0.717, 1.165) is 19.3 Å². The Kier molecular flexibility index (Phi) is 7.90. The minimum Gasteiger partial charge on any atom is -0.465 e. The van der Waals surface area contributed by atoms with Gasteiger partial charge in [-0.25, -0.2) is 4.79 Å². The van der Waals surface area contributed by atoms with Gasteiger partial charge in [0.15, 0.2) is 0 Å². The van der Waals surface area contributed by atoms with E-state index in [4.69, 9.17) is 11.6 Å². The van der Waals surface area contributed by atoms with Gasteiger partial charge < -0.3 is 15.4 Å². The van der Waals surface area contributed by atoms with Gasteiger partial charge in [0, 0.05) is 6.54 Å². The average Bonchev–Trinajstić information content (AvgIpc) is 2.59. The first kappa shape index (κ1) is 21.0. The number of ether oxygens (including phenoxy) is 1. The van der Waals surface area contributed by atoms with Crippen molar-refractivity contribution in [3.63, 3.8) is 0 Å². The molecular weight excluding hydrogens is 344 g/mol. The van der Waals surface area contributed by atoms with E-state index in [0.29, 0.717) is 6.54 Å². The van der Waals surface area contributed by atoms with Crippen molar-refractivity contribution in [3.8, 4) is 0 Å². The highest BCUT2D eigenvalue weighted by Crippen LogP contribution is 2.26. The normalized spacial score (nSPS) is 10.9. The summed E-state index contributed by atoms with van der Waals surface area (Å²) in [5, 5.41) is 5.65. The summed E-state index contributed by atoms with van der Waals surface area (Å²) in [6, 6.07) is 4.40. The van der Waals surface area contributed by atoms with E-state index in [1.807, 2.05) is 0 Å². The van der Waals surface area contributed by atoms with Crippen molar-refractivity contribution in [1.82, 2.24) is 5.32 Å². The summed E-state index contributed by atoms with van der Waals surface area (Å²) in [6.45, 7) is 5.68. The topological polar surface area (TPSA) is 84.5 Å². The second-order valence-corrected chi connectivity index (χ2v) is 6.64. The summed E-state index contributed by atoms with van der Waals surface area (Å²) in [5.74, 6) is -1.41. The fraction of sp³-hybridized carbons (Fsp3) is 0.500. The summed E-state index contributed by atoms with van der Waals surface area (Å²) in [4.78, 5) is 36.4. The van der Waals surface area contributed by atoms with E-state index in [1.54, 1.807) is 0 Å². The maximum atomic E-state index is 12.5. The van der Waals surface area contributed by atoms with Gasteiger partial charge in [-0.3, -0.25) is 9.59 Å². The van der Waals surface area contributed by atoms with Crippen LogP contribution in [0.3, 0.4) is 0 Å². The number of hydrogen-bond donors (Lipinski definition) is 2. The molecule has 1 aromatic carbocycles. The third kappa shape index (κ3) is 5.74. The SMILES string of the molecule is CCCCCNC(=O)C(C)(C)C(=O)Nc1cc(C(=O)OC)ccc1Cl. The number of unbranched alkanes of at least 4 members (excludes halogenated alkanes) is 2. The molecule has 0 bridgehead atoms. The summed E-state index contributed by atoms with van der Waals surface area (Å²) >= 11 is 6.07. The van der Waals surface area contributed by atoms with Crippen molar-refractivity contribution in [2.24, 2.45) is 5.41 Å². The van der Waals surface area contributed by atoms with Crippen LogP contribution in [0, 0.1) is 5.41 Å². The molecule has 2 N–H and O–H groups in total. The molecule has 7 heteroatoms. The highest BCUT2D eigenvalue weighted by Gasteiger charge is 2.36. The van der Waals surface area contributed by atoms with Crippen molar-refractivity contribution in [3.05, 3.63) is 28.8 Å². The zero-order valence-corrected chi connectivity index (χ0v) is 15.8. The first-order valence-electron chi connectivity index (χ1n) is 8.21. The molecule has 0 fully saturated rings. The molecule has 0 aliphatic carbocycles. The van der Waals surface area contributed by atoms with E-state index in [2.05, 4.69) is 22.3 Å². The number of anilines is 1. The maximum Gasteiger partial charge on any atom is 0.337 e. The molecule has 0 heterocycles. The van der Waals surface area contributed by atoms with Gasteiger partial charge in [-0.05, 0) is 38.5 Å². The number of methoxy groups -OCH3 is 1. The lowest BCUT2D eigenvalue weighted by Crippen LogP contribution is -2.45. The first-order valence-corrected chi connectivity index (χ1v) is 8.59. The predicted molar refractivity (Wildman–Crippen MR) is 97.7 cm³/mol. The molecular formula is C18H25ClN2O4. The van der Waals surface area contributed by atoms with Crippen LogP contribution in [0.15, 0.2) is 18.2 Å². The summed E-state index contributed by atoms with van der Waals surface area (Å²) in [6.07, 6.45) is 2.94. The fourth-order valence-electron chi connectivity index (χ4n) is 2.05. The fourth-order valence-corrected chi connectivity index (χ4v) is 2.21. The Morgan fingerprint density at radius 1 is 1.16 bits per heavy atom. The Morgan fingerprint density at radius 3 is 2.44 bits per heavy atom. The highest BCUT2D eigenvalue weighted by atomic mass is 35.5. The van der Waals surface area contributed by atoms with Crippen LogP contribution < -0.4 is 10.6 Å². The lowest BCUT2D eigenvalue weighted by atomic mass is 9.90. The number of nitrogens with one attached hydrogen (secondary N) is 2. The number of esters is 1. The van der Waals surface area contributed by atoms with Gasteiger partial charge in [0.25, 0.3) is 0 Å². The van der Waals surface area contributed by atoms with E-state index in [9.17, 15) is 14.4 Å². The van der Waals surface area contributed by atoms with E-state index < -0.39 is 17.3 Å². The quantitative estimate of drug-likeness (QED) is 0.418. The molecule has 2 amide bonds. The summed E-state index contributed by atoms with van der Waals surface area (Å²) in [7, 11) is 1.27. The standard InChI is InChI=1S/C18H25ClN2O4/c1-5-6-7-10-20-16(23)18(2,3)17(24)21-14-11-12(15(22)25-4)8-9-13(14)19/h8-9,11H,5-7,10H2,1-4H3,(H,20,23)(H,21,24). The van der Waals surface area contributed by atoms with E-state index in [-0.39, 0.29) is 22.2 Å². The second-order valence-electron chi connectivity index (χ2n) is 6.23. The smallest absolute Gasteiger partial charge is 0.337 e. The molecule has 0 atom stereocenters. The molecule has 1 rings (SSSR count). The summed E-state index contributed by atoms with van der Waals surface area (Å²) < 4.78 is 4.65. The van der Waals surface area contributed by atoms with Gasteiger partial charge in [0.2, 0.25) is 11.8 Å². The van der Waals surface area contributed by atoms with Crippen molar-refractivity contribution in [2.75, 3.05) is 19.0 Å². The van der Waals surface area contributed by atoms with Crippen LogP contribution in [-0.2, 0) is 14.3 Å². The molecule has 0 unspecified atom stereocenters. The molecule has 0 spiro atoms. The Bertz CT molecular complexity index is 644. The van der Waals surface area contributed by atoms with Crippen LogP contribution in [0.25, 0.3) is 0 Å². The van der Waals surface area contributed by atoms with Crippen LogP contribution in [-0.4, -0.2) is 31.4 Å². The molecule has 0 aromatic heterocycles. The molecule has 138 valence electrons. The molecule has 0 aliphatic rings. The van der Waals surface area contributed by atoms with Crippen molar-refractivity contribution >= 4 is 35.1 Å². The molecule has 0 saturated carbocycles. The number of carbonyl (C=O) groups is 3. The van der Waals surface area contributed by atoms with Gasteiger partial charge in [-0.2, -0.15) is 0 Å². The molecule has 25 heavy (non-hydrogen) atoms. The van der Waals surface area contributed by atoms with Crippen LogP contribution in [0.1, 0.15) is 50.4 Å². The summed E-state index contributed by atoms with van der Waals surface area (Å²) in [5.41, 5.74) is -0.776. The van der Waals surface area contributed by atoms with Crippen molar-refractivity contribution in [1.29, 1.82) is 0 Å². The van der Waals surface area contributed by atoms with Gasteiger partial charge in [-0.15, -0.1) is 0 Å². The van der Waals surface area contributed by atoms with Gasteiger partial charge in [-0.1, -0.05) is 31.4 Å². The largest absolute Gasteiger partial charge is 0.465 e. The zero-order valence-electron chi connectivity index (χ0n) is 15.1. The number of benzene rings is 1. The Hall–Kier alpha value is -2.08. The number of halogens is 1. The Morgan fingerprint density at radius 2 is 1.84 bits per heavy atom. The molecule has 6 nitrogen and oxygen atoms in total. The van der Waals surface area contributed by atoms with E-state index >= 15 is 0 Å². The van der Waals surface area contributed by atoms with Gasteiger partial charge in [0.05, 0.1) is 23.4 Å². The van der Waals surface area contributed by atoms with Crippen molar-refractivity contribution < 1.29 is 19.1 Å². The van der Waals surface area contributed by atoms with Crippen LogP contribution in [0.5, 0.6) is 0 Å². The Labute approximate surface area is 153 Å². The maximum absolute atomic E-state index is 12.5. The van der Waals surface area contributed by atoms with Gasteiger partial charge in [0.1, 0.15) is 5.41 Å². The lowest BCUT2D eigenvalue weighted by Gasteiger charge is -2.23. The number of rotatable bonds is 8. The number of hydrogen-bond acceptors (Lipinski definition) is 4. The van der Waals surface area contributed by atoms with E-state index in [1.165, 1.54) is 39.2 Å². The number of carbonyl (C=O) groups excluding carboxylic acids is 3. The average molecular weight is 369 g/mol. The number of amides is 2. The van der Waals surface area contributed by atoms with Crippen LogP contribution in [0.2, 0.25) is 5.02 Å². The zero-order chi connectivity index (χ0) is 19.0. The highest BCUT2D eigenvalue weighted by molar-refractivity contribution is 6.34. The molecule has 0 aliphatic heterocycles. The predicted octanol–water partition coefficient (Wildman–Crippen LogP) is 3.40. The third-order valence-electron chi connectivity index (χ3n) is 3.84. The van der Waals surface area contributed by atoms with Crippen LogP contribution >= 0.6 is 11.6 Å². The first-order chi connectivity index (χ1) is 11.7. The van der Waals surface area contributed by atoms with Gasteiger partial charge >= 0.3 is 5.97 Å². The molecule has 0 radical (unpaired) electrons. The van der Waals surface area contributed by atoms with Crippen molar-refractivity contribution in [2.45, 2.75) is 40.0 Å². The lowest BCUT2D eigenvalue weighted by molar-refractivity contribution is -0.138.